The number of rotatable bonds is 4. The van der Waals surface area contributed by atoms with Gasteiger partial charge in [0.1, 0.15) is 0 Å². The highest BCUT2D eigenvalue weighted by atomic mass is 79.9. The highest BCUT2D eigenvalue weighted by Crippen LogP contribution is 2.30. The van der Waals surface area contributed by atoms with Gasteiger partial charge >= 0.3 is 0 Å². The molecule has 1 aromatic rings. The summed E-state index contributed by atoms with van der Waals surface area (Å²) in [5, 5.41) is 1.06. The number of halogens is 1. The van der Waals surface area contributed by atoms with E-state index in [1.165, 1.54) is 17.5 Å². The van der Waals surface area contributed by atoms with Crippen molar-refractivity contribution in [3.05, 3.63) is 35.4 Å². The largest absolute Gasteiger partial charge is 0.0921 e. The molecule has 2 unspecified atom stereocenters. The van der Waals surface area contributed by atoms with Gasteiger partial charge in [-0.15, -0.1) is 0 Å². The number of benzene rings is 1. The maximum Gasteiger partial charge on any atom is 0.0103 e. The van der Waals surface area contributed by atoms with E-state index in [2.05, 4.69) is 61.0 Å². The SMILES string of the molecule is CCC(C)C(CBr)c1ccccc1C. The summed E-state index contributed by atoms with van der Waals surface area (Å²) in [7, 11) is 0. The molecule has 0 nitrogen and oxygen atoms in total. The molecule has 0 aliphatic rings. The number of alkyl halides is 1. The lowest BCUT2D eigenvalue weighted by molar-refractivity contribution is 0.479. The van der Waals surface area contributed by atoms with Gasteiger partial charge in [-0.3, -0.25) is 0 Å². The Hall–Kier alpha value is -0.300. The van der Waals surface area contributed by atoms with Gasteiger partial charge in [-0.05, 0) is 29.9 Å². The molecule has 1 rings (SSSR count). The van der Waals surface area contributed by atoms with Gasteiger partial charge < -0.3 is 0 Å². The topological polar surface area (TPSA) is 0 Å². The quantitative estimate of drug-likeness (QED) is 0.694. The predicted molar refractivity (Wildman–Crippen MR) is 67.2 cm³/mol. The molecule has 0 saturated carbocycles. The monoisotopic (exact) mass is 254 g/mol. The summed E-state index contributed by atoms with van der Waals surface area (Å²) in [6.45, 7) is 6.80. The van der Waals surface area contributed by atoms with Crippen molar-refractivity contribution >= 4 is 15.9 Å². The van der Waals surface area contributed by atoms with E-state index < -0.39 is 0 Å². The normalized spacial score (nSPS) is 15.1. The van der Waals surface area contributed by atoms with Crippen LogP contribution in [0.25, 0.3) is 0 Å². The van der Waals surface area contributed by atoms with Gasteiger partial charge in [0.2, 0.25) is 0 Å². The van der Waals surface area contributed by atoms with Gasteiger partial charge in [0.25, 0.3) is 0 Å². The van der Waals surface area contributed by atoms with E-state index >= 15 is 0 Å². The summed E-state index contributed by atoms with van der Waals surface area (Å²) >= 11 is 3.63. The van der Waals surface area contributed by atoms with Crippen molar-refractivity contribution in [3.8, 4) is 0 Å². The maximum atomic E-state index is 3.63. The van der Waals surface area contributed by atoms with E-state index in [-0.39, 0.29) is 0 Å². The zero-order chi connectivity index (χ0) is 10.6. The van der Waals surface area contributed by atoms with Crippen molar-refractivity contribution in [2.75, 3.05) is 5.33 Å². The third kappa shape index (κ3) is 2.60. The molecule has 78 valence electrons. The first-order valence-electron chi connectivity index (χ1n) is 5.32. The molecule has 0 aliphatic carbocycles. The summed E-state index contributed by atoms with van der Waals surface area (Å²) in [6.07, 6.45) is 1.24. The number of aryl methyl sites for hydroxylation is 1. The van der Waals surface area contributed by atoms with E-state index in [1.54, 1.807) is 0 Å². The highest BCUT2D eigenvalue weighted by molar-refractivity contribution is 9.09. The molecule has 1 heteroatoms. The molecule has 0 heterocycles. The van der Waals surface area contributed by atoms with Crippen LogP contribution in [0.15, 0.2) is 24.3 Å². The van der Waals surface area contributed by atoms with Crippen LogP contribution in [-0.4, -0.2) is 5.33 Å². The molecule has 0 spiro atoms. The van der Waals surface area contributed by atoms with Crippen LogP contribution in [0.2, 0.25) is 0 Å². The van der Waals surface area contributed by atoms with E-state index in [0.29, 0.717) is 5.92 Å². The Morgan fingerprint density at radius 2 is 1.93 bits per heavy atom. The minimum Gasteiger partial charge on any atom is -0.0921 e. The number of hydrogen-bond donors (Lipinski definition) is 0. The Labute approximate surface area is 95.9 Å². The molecule has 0 fully saturated rings. The third-order valence-electron chi connectivity index (χ3n) is 3.09. The lowest BCUT2D eigenvalue weighted by atomic mass is 9.85. The zero-order valence-corrected chi connectivity index (χ0v) is 10.8. The molecular weight excluding hydrogens is 236 g/mol. The molecule has 0 aromatic heterocycles. The van der Waals surface area contributed by atoms with E-state index in [1.807, 2.05) is 0 Å². The minimum absolute atomic E-state index is 0.654. The van der Waals surface area contributed by atoms with Crippen LogP contribution >= 0.6 is 15.9 Å². The van der Waals surface area contributed by atoms with Gasteiger partial charge in [-0.1, -0.05) is 60.5 Å². The molecule has 2 atom stereocenters. The Kier molecular flexibility index (Phi) is 4.67. The van der Waals surface area contributed by atoms with Crippen LogP contribution in [0.3, 0.4) is 0 Å². The molecular formula is C13H19Br. The highest BCUT2D eigenvalue weighted by Gasteiger charge is 2.17. The van der Waals surface area contributed by atoms with Crippen molar-refractivity contribution in [1.29, 1.82) is 0 Å². The Balaban J connectivity index is 2.94. The second kappa shape index (κ2) is 5.55. The smallest absolute Gasteiger partial charge is 0.0103 e. The molecule has 14 heavy (non-hydrogen) atoms. The molecule has 1 aromatic carbocycles. The van der Waals surface area contributed by atoms with Gasteiger partial charge in [-0.2, -0.15) is 0 Å². The molecule has 0 aliphatic heterocycles. The summed E-state index contributed by atoms with van der Waals surface area (Å²) in [6, 6.07) is 8.71. The van der Waals surface area contributed by atoms with Crippen LogP contribution in [0, 0.1) is 12.8 Å². The van der Waals surface area contributed by atoms with Crippen LogP contribution < -0.4 is 0 Å². The first kappa shape index (κ1) is 11.8. The zero-order valence-electron chi connectivity index (χ0n) is 9.26. The van der Waals surface area contributed by atoms with E-state index in [0.717, 1.165) is 11.2 Å². The van der Waals surface area contributed by atoms with Crippen LogP contribution in [0.5, 0.6) is 0 Å². The van der Waals surface area contributed by atoms with Crippen molar-refractivity contribution in [3.63, 3.8) is 0 Å². The minimum atomic E-state index is 0.654. The fourth-order valence-electron chi connectivity index (χ4n) is 1.83. The molecule has 0 N–H and O–H groups in total. The first-order chi connectivity index (χ1) is 6.70. The van der Waals surface area contributed by atoms with Crippen molar-refractivity contribution < 1.29 is 0 Å². The standard InChI is InChI=1S/C13H19Br/c1-4-10(2)13(9-14)12-8-6-5-7-11(12)3/h5-8,10,13H,4,9H2,1-3H3. The summed E-state index contributed by atoms with van der Waals surface area (Å²) < 4.78 is 0. The first-order valence-corrected chi connectivity index (χ1v) is 6.44. The number of hydrogen-bond acceptors (Lipinski definition) is 0. The molecule has 0 saturated heterocycles. The second-order valence-corrected chi connectivity index (χ2v) is 4.65. The fraction of sp³-hybridized carbons (Fsp3) is 0.538. The Morgan fingerprint density at radius 1 is 1.29 bits per heavy atom. The lowest BCUT2D eigenvalue weighted by Crippen LogP contribution is -2.11. The van der Waals surface area contributed by atoms with Crippen LogP contribution in [0.4, 0.5) is 0 Å². The predicted octanol–water partition coefficient (Wildman–Crippen LogP) is 4.52. The van der Waals surface area contributed by atoms with E-state index in [9.17, 15) is 0 Å². The molecule has 0 bridgehead atoms. The summed E-state index contributed by atoms with van der Waals surface area (Å²) in [4.78, 5) is 0. The average Bonchev–Trinajstić information content (AvgIpc) is 2.21. The van der Waals surface area contributed by atoms with Gasteiger partial charge in [0, 0.05) is 5.33 Å². The lowest BCUT2D eigenvalue weighted by Gasteiger charge is -2.22. The Morgan fingerprint density at radius 3 is 2.43 bits per heavy atom. The van der Waals surface area contributed by atoms with E-state index in [4.69, 9.17) is 0 Å². The molecule has 0 amide bonds. The molecule has 0 radical (unpaired) electrons. The average molecular weight is 255 g/mol. The summed E-state index contributed by atoms with van der Waals surface area (Å²) in [5.41, 5.74) is 2.91. The second-order valence-electron chi connectivity index (χ2n) is 4.00. The Bertz CT molecular complexity index is 280. The van der Waals surface area contributed by atoms with Crippen molar-refractivity contribution in [1.82, 2.24) is 0 Å². The van der Waals surface area contributed by atoms with Gasteiger partial charge in [-0.25, -0.2) is 0 Å². The van der Waals surface area contributed by atoms with Gasteiger partial charge in [0.15, 0.2) is 0 Å². The van der Waals surface area contributed by atoms with Crippen molar-refractivity contribution in [2.45, 2.75) is 33.1 Å². The van der Waals surface area contributed by atoms with Gasteiger partial charge in [0.05, 0.1) is 0 Å². The maximum absolute atomic E-state index is 3.63. The summed E-state index contributed by atoms with van der Waals surface area (Å²) in [5.74, 6) is 1.40. The third-order valence-corrected chi connectivity index (χ3v) is 3.78. The van der Waals surface area contributed by atoms with Crippen LogP contribution in [0.1, 0.15) is 37.3 Å². The van der Waals surface area contributed by atoms with Crippen LogP contribution in [-0.2, 0) is 0 Å². The fourth-order valence-corrected chi connectivity index (χ4v) is 2.82. The van der Waals surface area contributed by atoms with Crippen molar-refractivity contribution in [2.24, 2.45) is 5.92 Å².